The fourth-order valence-corrected chi connectivity index (χ4v) is 3.18. The molecule has 1 aliphatic rings. The first-order chi connectivity index (χ1) is 14.3. The predicted octanol–water partition coefficient (Wildman–Crippen LogP) is 3.59. The molecule has 1 aromatic carbocycles. The number of hydrogen-bond donors (Lipinski definition) is 2. The molecule has 30 heavy (non-hydrogen) atoms. The molecule has 1 saturated heterocycles. The summed E-state index contributed by atoms with van der Waals surface area (Å²) in [5.41, 5.74) is -0.180. The van der Waals surface area contributed by atoms with Crippen LogP contribution in [-0.2, 0) is 11.0 Å². The van der Waals surface area contributed by atoms with Crippen LogP contribution in [0.4, 0.5) is 23.7 Å². The number of urea groups is 1. The zero-order chi connectivity index (χ0) is 21.7. The number of nitrogens with one attached hydrogen (secondary N) is 2. The van der Waals surface area contributed by atoms with Crippen molar-refractivity contribution >= 4 is 17.6 Å². The van der Waals surface area contributed by atoms with E-state index >= 15 is 0 Å². The van der Waals surface area contributed by atoms with E-state index in [0.717, 1.165) is 12.1 Å². The highest BCUT2D eigenvalue weighted by atomic mass is 19.4. The Morgan fingerprint density at radius 3 is 2.70 bits per heavy atom. The molecule has 0 bridgehead atoms. The Bertz CT molecular complexity index is 903. The zero-order valence-corrected chi connectivity index (χ0v) is 16.2. The number of aromatic nitrogens is 1. The highest BCUT2D eigenvalue weighted by Crippen LogP contribution is 2.31. The molecule has 0 aliphatic carbocycles. The van der Waals surface area contributed by atoms with E-state index in [2.05, 4.69) is 15.6 Å². The zero-order valence-electron chi connectivity index (χ0n) is 16.2. The summed E-state index contributed by atoms with van der Waals surface area (Å²) in [4.78, 5) is 30.0. The SMILES string of the molecule is COc1ccc(NC(=O)N[C@H](CN2CCCC2=O)c2cccc(C(F)(F)F)c2)cn1. The molecule has 0 saturated carbocycles. The minimum atomic E-state index is -4.51. The van der Waals surface area contributed by atoms with Crippen LogP contribution in [0.2, 0.25) is 0 Å². The molecule has 1 fully saturated rings. The number of methoxy groups -OCH3 is 1. The Morgan fingerprint density at radius 2 is 2.10 bits per heavy atom. The molecular formula is C20H21F3N4O3. The Balaban J connectivity index is 1.78. The van der Waals surface area contributed by atoms with E-state index in [0.29, 0.717) is 31.0 Å². The number of benzene rings is 1. The first kappa shape index (κ1) is 21.4. The molecule has 2 heterocycles. The molecule has 1 atom stereocenters. The maximum atomic E-state index is 13.1. The van der Waals surface area contributed by atoms with Crippen molar-refractivity contribution in [3.05, 3.63) is 53.7 Å². The fraction of sp³-hybridized carbons (Fsp3) is 0.350. The number of nitrogens with zero attached hydrogens (tertiary/aromatic N) is 2. The van der Waals surface area contributed by atoms with E-state index in [1.54, 1.807) is 17.0 Å². The summed E-state index contributed by atoms with van der Waals surface area (Å²) < 4.78 is 44.3. The van der Waals surface area contributed by atoms with Gasteiger partial charge >= 0.3 is 12.2 Å². The van der Waals surface area contributed by atoms with Crippen molar-refractivity contribution in [2.45, 2.75) is 25.1 Å². The number of alkyl halides is 3. The average molecular weight is 422 g/mol. The Hall–Kier alpha value is -3.30. The highest BCUT2D eigenvalue weighted by Gasteiger charge is 2.32. The van der Waals surface area contributed by atoms with Gasteiger partial charge in [-0.2, -0.15) is 13.2 Å². The van der Waals surface area contributed by atoms with Crippen molar-refractivity contribution < 1.29 is 27.5 Å². The first-order valence-electron chi connectivity index (χ1n) is 9.29. The number of carbonyl (C=O) groups excluding carboxylic acids is 2. The van der Waals surface area contributed by atoms with Crippen LogP contribution in [0.25, 0.3) is 0 Å². The summed E-state index contributed by atoms with van der Waals surface area (Å²) in [5, 5.41) is 5.25. The van der Waals surface area contributed by atoms with E-state index < -0.39 is 23.8 Å². The summed E-state index contributed by atoms with van der Waals surface area (Å²) in [6.07, 6.45) is -2.06. The van der Waals surface area contributed by atoms with Gasteiger partial charge in [-0.05, 0) is 30.2 Å². The van der Waals surface area contributed by atoms with Crippen molar-refractivity contribution in [3.8, 4) is 5.88 Å². The smallest absolute Gasteiger partial charge is 0.416 e. The van der Waals surface area contributed by atoms with Gasteiger partial charge in [0.15, 0.2) is 0 Å². The van der Waals surface area contributed by atoms with Crippen molar-refractivity contribution in [1.82, 2.24) is 15.2 Å². The third-order valence-electron chi connectivity index (χ3n) is 4.70. The summed E-state index contributed by atoms with van der Waals surface area (Å²) in [5.74, 6) is 0.281. The van der Waals surface area contributed by atoms with E-state index in [-0.39, 0.29) is 18.0 Å². The molecule has 0 radical (unpaired) electrons. The third-order valence-corrected chi connectivity index (χ3v) is 4.70. The number of amides is 3. The van der Waals surface area contributed by atoms with Gasteiger partial charge in [0, 0.05) is 25.6 Å². The maximum Gasteiger partial charge on any atom is 0.416 e. The van der Waals surface area contributed by atoms with Crippen LogP contribution in [0.5, 0.6) is 5.88 Å². The second kappa shape index (κ2) is 9.02. The van der Waals surface area contributed by atoms with Gasteiger partial charge in [-0.25, -0.2) is 9.78 Å². The minimum absolute atomic E-state index is 0.0778. The Labute approximate surface area is 171 Å². The molecule has 10 heteroatoms. The lowest BCUT2D eigenvalue weighted by Crippen LogP contribution is -2.40. The summed E-state index contributed by atoms with van der Waals surface area (Å²) >= 11 is 0. The predicted molar refractivity (Wildman–Crippen MR) is 103 cm³/mol. The topological polar surface area (TPSA) is 83.6 Å². The molecule has 0 unspecified atom stereocenters. The number of ether oxygens (including phenoxy) is 1. The van der Waals surface area contributed by atoms with Crippen LogP contribution in [0.3, 0.4) is 0 Å². The van der Waals surface area contributed by atoms with E-state index in [1.165, 1.54) is 25.4 Å². The average Bonchev–Trinajstić information content (AvgIpc) is 3.12. The summed E-state index contributed by atoms with van der Waals surface area (Å²) in [6, 6.07) is 6.42. The van der Waals surface area contributed by atoms with Crippen LogP contribution in [-0.4, -0.2) is 42.0 Å². The largest absolute Gasteiger partial charge is 0.481 e. The van der Waals surface area contributed by atoms with Gasteiger partial charge in [-0.1, -0.05) is 12.1 Å². The molecule has 3 amide bonds. The Kier molecular flexibility index (Phi) is 6.43. The number of rotatable bonds is 6. The van der Waals surface area contributed by atoms with Crippen molar-refractivity contribution in [3.63, 3.8) is 0 Å². The molecule has 2 aromatic rings. The lowest BCUT2D eigenvalue weighted by molar-refractivity contribution is -0.137. The monoisotopic (exact) mass is 422 g/mol. The molecule has 2 N–H and O–H groups in total. The van der Waals surface area contributed by atoms with Gasteiger partial charge in [-0.15, -0.1) is 0 Å². The van der Waals surface area contributed by atoms with Crippen molar-refractivity contribution in [1.29, 1.82) is 0 Å². The van der Waals surface area contributed by atoms with Crippen LogP contribution >= 0.6 is 0 Å². The molecule has 160 valence electrons. The normalized spacial score (nSPS) is 15.1. The fourth-order valence-electron chi connectivity index (χ4n) is 3.18. The van der Waals surface area contributed by atoms with Gasteiger partial charge in [0.2, 0.25) is 11.8 Å². The van der Waals surface area contributed by atoms with Crippen LogP contribution in [0.15, 0.2) is 42.6 Å². The second-order valence-electron chi connectivity index (χ2n) is 6.81. The first-order valence-corrected chi connectivity index (χ1v) is 9.29. The highest BCUT2D eigenvalue weighted by molar-refractivity contribution is 5.89. The minimum Gasteiger partial charge on any atom is -0.481 e. The van der Waals surface area contributed by atoms with E-state index in [9.17, 15) is 22.8 Å². The Morgan fingerprint density at radius 1 is 1.30 bits per heavy atom. The lowest BCUT2D eigenvalue weighted by atomic mass is 10.0. The second-order valence-corrected chi connectivity index (χ2v) is 6.81. The van der Waals surface area contributed by atoms with Gasteiger partial charge in [0.1, 0.15) is 0 Å². The van der Waals surface area contributed by atoms with Gasteiger partial charge < -0.3 is 20.3 Å². The van der Waals surface area contributed by atoms with Crippen LogP contribution < -0.4 is 15.4 Å². The van der Waals surface area contributed by atoms with Crippen molar-refractivity contribution in [2.24, 2.45) is 0 Å². The molecule has 1 aromatic heterocycles. The number of halogens is 3. The number of hydrogen-bond acceptors (Lipinski definition) is 4. The standard InChI is InChI=1S/C20H21F3N4O3/c1-30-17-8-7-15(11-24-17)25-19(29)26-16(12-27-9-3-6-18(27)28)13-4-2-5-14(10-13)20(21,22)23/h2,4-5,7-8,10-11,16H,3,6,9,12H2,1H3,(H2,25,26,29)/t16-/m1/s1. The summed E-state index contributed by atoms with van der Waals surface area (Å²) in [6.45, 7) is 0.578. The molecular weight excluding hydrogens is 401 g/mol. The van der Waals surface area contributed by atoms with Crippen molar-refractivity contribution in [2.75, 3.05) is 25.5 Å². The number of anilines is 1. The number of likely N-dealkylation sites (tertiary alicyclic amines) is 1. The quantitative estimate of drug-likeness (QED) is 0.745. The maximum absolute atomic E-state index is 13.1. The van der Waals surface area contributed by atoms with Gasteiger partial charge in [-0.3, -0.25) is 4.79 Å². The van der Waals surface area contributed by atoms with Crippen LogP contribution in [0.1, 0.15) is 30.0 Å². The molecule has 0 spiro atoms. The number of pyridine rings is 1. The molecule has 1 aliphatic heterocycles. The van der Waals surface area contributed by atoms with Crippen LogP contribution in [0, 0.1) is 0 Å². The van der Waals surface area contributed by atoms with E-state index in [1.807, 2.05) is 0 Å². The van der Waals surface area contributed by atoms with Gasteiger partial charge in [0.05, 0.1) is 30.6 Å². The van der Waals surface area contributed by atoms with E-state index in [4.69, 9.17) is 4.74 Å². The summed E-state index contributed by atoms with van der Waals surface area (Å²) in [7, 11) is 1.46. The third kappa shape index (κ3) is 5.40. The number of carbonyl (C=O) groups is 2. The molecule has 3 rings (SSSR count). The van der Waals surface area contributed by atoms with Gasteiger partial charge in [0.25, 0.3) is 0 Å². The lowest BCUT2D eigenvalue weighted by Gasteiger charge is -2.26. The molecule has 7 nitrogen and oxygen atoms in total.